The number of nitro benzene ring substituents is 1. The first-order chi connectivity index (χ1) is 13.7. The number of benzene rings is 2. The van der Waals surface area contributed by atoms with Crippen molar-refractivity contribution in [2.24, 2.45) is 0 Å². The number of aryl methyl sites for hydroxylation is 2. The number of halogens is 1. The second-order valence-corrected chi connectivity index (χ2v) is 7.63. The van der Waals surface area contributed by atoms with Crippen molar-refractivity contribution in [3.05, 3.63) is 79.5 Å². The first-order valence-corrected chi connectivity index (χ1v) is 9.56. The molecule has 0 aliphatic carbocycles. The average Bonchev–Trinajstić information content (AvgIpc) is 2.63. The fraction of sp³-hybridized carbons (Fsp3) is 0.200. The third-order valence-electron chi connectivity index (χ3n) is 4.64. The van der Waals surface area contributed by atoms with Gasteiger partial charge in [-0.1, -0.05) is 35.4 Å². The van der Waals surface area contributed by atoms with Crippen LogP contribution < -0.4 is 16.0 Å². The number of allylic oxidation sites excluding steroid dienone is 1. The number of anilines is 1. The van der Waals surface area contributed by atoms with Gasteiger partial charge in [0.15, 0.2) is 5.11 Å². The van der Waals surface area contributed by atoms with E-state index in [1.807, 2.05) is 32.0 Å². The topological polar surface area (TPSA) is 96.3 Å². The van der Waals surface area contributed by atoms with Crippen LogP contribution in [0.5, 0.6) is 0 Å². The second kappa shape index (κ2) is 8.18. The van der Waals surface area contributed by atoms with Crippen LogP contribution in [0, 0.1) is 24.0 Å². The zero-order valence-corrected chi connectivity index (χ0v) is 17.6. The van der Waals surface area contributed by atoms with Crippen LogP contribution in [-0.2, 0) is 4.79 Å². The monoisotopic (exact) mass is 430 g/mol. The Morgan fingerprint density at radius 3 is 2.59 bits per heavy atom. The number of carbonyl (C=O) groups is 1. The molecule has 0 spiro atoms. The van der Waals surface area contributed by atoms with Crippen LogP contribution in [0.4, 0.5) is 11.4 Å². The Kier molecular flexibility index (Phi) is 5.86. The second-order valence-electron chi connectivity index (χ2n) is 6.81. The molecule has 29 heavy (non-hydrogen) atoms. The normalized spacial score (nSPS) is 16.1. The molecule has 0 aromatic heterocycles. The van der Waals surface area contributed by atoms with Gasteiger partial charge in [-0.15, -0.1) is 0 Å². The number of hydrogen-bond acceptors (Lipinski definition) is 4. The van der Waals surface area contributed by atoms with E-state index in [0.29, 0.717) is 27.6 Å². The van der Waals surface area contributed by atoms with Crippen molar-refractivity contribution in [3.8, 4) is 0 Å². The van der Waals surface area contributed by atoms with E-state index in [9.17, 15) is 14.9 Å². The molecule has 3 N–H and O–H groups in total. The van der Waals surface area contributed by atoms with Gasteiger partial charge in [-0.2, -0.15) is 0 Å². The number of thiocarbonyl (C=S) groups is 1. The number of nitrogens with one attached hydrogen (secondary N) is 3. The van der Waals surface area contributed by atoms with Crippen molar-refractivity contribution >= 4 is 46.2 Å². The quantitative estimate of drug-likeness (QED) is 0.380. The first kappa shape index (κ1) is 20.8. The summed E-state index contributed by atoms with van der Waals surface area (Å²) in [6.07, 6.45) is 0. The van der Waals surface area contributed by atoms with Gasteiger partial charge in [0.05, 0.1) is 16.5 Å². The maximum Gasteiger partial charge on any atom is 0.288 e. The molecule has 150 valence electrons. The summed E-state index contributed by atoms with van der Waals surface area (Å²) in [5, 5.41) is 20.5. The van der Waals surface area contributed by atoms with Crippen LogP contribution in [0.1, 0.15) is 29.7 Å². The summed E-state index contributed by atoms with van der Waals surface area (Å²) in [7, 11) is 0. The highest BCUT2D eigenvalue weighted by molar-refractivity contribution is 7.80. The highest BCUT2D eigenvalue weighted by atomic mass is 35.5. The largest absolute Gasteiger partial charge is 0.351 e. The van der Waals surface area contributed by atoms with Gasteiger partial charge in [-0.25, -0.2) is 0 Å². The Hall–Kier alpha value is -2.97. The van der Waals surface area contributed by atoms with E-state index in [-0.39, 0.29) is 16.6 Å². The van der Waals surface area contributed by atoms with Gasteiger partial charge in [-0.3, -0.25) is 14.9 Å². The fourth-order valence-electron chi connectivity index (χ4n) is 3.24. The van der Waals surface area contributed by atoms with E-state index in [4.69, 9.17) is 23.8 Å². The highest BCUT2D eigenvalue weighted by Crippen LogP contribution is 2.33. The van der Waals surface area contributed by atoms with Crippen molar-refractivity contribution in [2.45, 2.75) is 26.8 Å². The first-order valence-electron chi connectivity index (χ1n) is 8.78. The summed E-state index contributed by atoms with van der Waals surface area (Å²) in [4.78, 5) is 23.9. The van der Waals surface area contributed by atoms with E-state index in [1.54, 1.807) is 13.0 Å². The van der Waals surface area contributed by atoms with E-state index in [2.05, 4.69) is 16.0 Å². The molecule has 1 aliphatic rings. The number of nitrogens with zero attached hydrogens (tertiary/aromatic N) is 1. The van der Waals surface area contributed by atoms with E-state index in [0.717, 1.165) is 11.1 Å². The van der Waals surface area contributed by atoms with E-state index >= 15 is 0 Å². The fourth-order valence-corrected chi connectivity index (χ4v) is 3.70. The molecule has 0 radical (unpaired) electrons. The molecule has 1 unspecified atom stereocenters. The number of hydrogen-bond donors (Lipinski definition) is 3. The smallest absolute Gasteiger partial charge is 0.288 e. The third kappa shape index (κ3) is 4.38. The Morgan fingerprint density at radius 2 is 1.93 bits per heavy atom. The molecular weight excluding hydrogens is 412 g/mol. The van der Waals surface area contributed by atoms with Crippen LogP contribution >= 0.6 is 23.8 Å². The minimum Gasteiger partial charge on any atom is -0.351 e. The summed E-state index contributed by atoms with van der Waals surface area (Å²) in [5.41, 5.74) is 3.94. The van der Waals surface area contributed by atoms with Gasteiger partial charge in [0.2, 0.25) is 0 Å². The molecule has 9 heteroatoms. The zero-order chi connectivity index (χ0) is 21.3. The Labute approximate surface area is 178 Å². The van der Waals surface area contributed by atoms with E-state index < -0.39 is 11.0 Å². The molecule has 1 atom stereocenters. The Bertz CT molecular complexity index is 1070. The minimum atomic E-state index is -0.662. The summed E-state index contributed by atoms with van der Waals surface area (Å²) in [6, 6.07) is 9.50. The highest BCUT2D eigenvalue weighted by Gasteiger charge is 2.31. The van der Waals surface area contributed by atoms with Gasteiger partial charge in [0.1, 0.15) is 5.02 Å². The van der Waals surface area contributed by atoms with Crippen LogP contribution in [-0.4, -0.2) is 15.9 Å². The molecule has 0 saturated heterocycles. The summed E-state index contributed by atoms with van der Waals surface area (Å²) in [5.74, 6) is -0.334. The van der Waals surface area contributed by atoms with Crippen molar-refractivity contribution in [1.29, 1.82) is 0 Å². The molecular formula is C20H19ClN4O3S. The lowest BCUT2D eigenvalue weighted by molar-refractivity contribution is -0.384. The third-order valence-corrected chi connectivity index (χ3v) is 5.18. The zero-order valence-electron chi connectivity index (χ0n) is 16.0. The van der Waals surface area contributed by atoms with Crippen LogP contribution in [0.2, 0.25) is 5.02 Å². The van der Waals surface area contributed by atoms with Gasteiger partial charge in [-0.05, 0) is 56.2 Å². The van der Waals surface area contributed by atoms with Crippen molar-refractivity contribution in [1.82, 2.24) is 10.6 Å². The number of amides is 1. The van der Waals surface area contributed by atoms with Crippen LogP contribution in [0.25, 0.3) is 0 Å². The minimum absolute atomic E-state index is 0.0252. The van der Waals surface area contributed by atoms with Gasteiger partial charge >= 0.3 is 0 Å². The maximum absolute atomic E-state index is 13.1. The molecule has 3 rings (SSSR count). The predicted molar refractivity (Wildman–Crippen MR) is 117 cm³/mol. The maximum atomic E-state index is 13.1. The van der Waals surface area contributed by atoms with Crippen molar-refractivity contribution in [2.75, 3.05) is 5.32 Å². The Balaban J connectivity index is 2.01. The average molecular weight is 431 g/mol. The summed E-state index contributed by atoms with van der Waals surface area (Å²) in [6.45, 7) is 5.63. The van der Waals surface area contributed by atoms with Crippen LogP contribution in [0.3, 0.4) is 0 Å². The SMILES string of the molecule is CC1=C(C(=O)Nc2ccc(C)cc2C)C(c2ccc(Cl)c([N+](=O)[O-])c2)NC(=S)N1. The lowest BCUT2D eigenvalue weighted by Gasteiger charge is -2.30. The van der Waals surface area contributed by atoms with Gasteiger partial charge in [0.25, 0.3) is 11.6 Å². The molecule has 0 saturated carbocycles. The molecule has 1 heterocycles. The lowest BCUT2D eigenvalue weighted by atomic mass is 9.94. The van der Waals surface area contributed by atoms with Gasteiger partial charge < -0.3 is 16.0 Å². The number of nitro groups is 1. The van der Waals surface area contributed by atoms with Crippen LogP contribution in [0.15, 0.2) is 47.7 Å². The van der Waals surface area contributed by atoms with Crippen molar-refractivity contribution < 1.29 is 9.72 Å². The molecule has 1 aliphatic heterocycles. The molecule has 1 amide bonds. The standard InChI is InChI=1S/C20H19ClN4O3S/c1-10-4-7-15(11(2)8-10)23-19(26)17-12(3)22-20(29)24-18(17)13-5-6-14(21)16(9-13)25(27)28/h4-9,18H,1-3H3,(H,23,26)(H2,22,24,29). The summed E-state index contributed by atoms with van der Waals surface area (Å²) >= 11 is 11.2. The molecule has 2 aromatic rings. The van der Waals surface area contributed by atoms with Crippen molar-refractivity contribution in [3.63, 3.8) is 0 Å². The molecule has 7 nitrogen and oxygen atoms in total. The van der Waals surface area contributed by atoms with E-state index in [1.165, 1.54) is 12.1 Å². The number of rotatable bonds is 4. The molecule has 2 aromatic carbocycles. The predicted octanol–water partition coefficient (Wildman–Crippen LogP) is 4.30. The number of carbonyl (C=O) groups excluding carboxylic acids is 1. The molecule has 0 fully saturated rings. The van der Waals surface area contributed by atoms with Gasteiger partial charge in [0, 0.05) is 17.5 Å². The molecule has 0 bridgehead atoms. The Morgan fingerprint density at radius 1 is 1.21 bits per heavy atom. The summed E-state index contributed by atoms with van der Waals surface area (Å²) < 4.78 is 0. The lowest BCUT2D eigenvalue weighted by Crippen LogP contribution is -2.45.